The van der Waals surface area contributed by atoms with Crippen molar-refractivity contribution in [2.75, 3.05) is 26.7 Å². The Morgan fingerprint density at radius 2 is 1.90 bits per heavy atom. The first-order chi connectivity index (χ1) is 9.49. The second-order valence-electron chi connectivity index (χ2n) is 5.92. The Bertz CT molecular complexity index is 351. The first kappa shape index (κ1) is 17.9. The van der Waals surface area contributed by atoms with Gasteiger partial charge in [-0.2, -0.15) is 17.4 Å². The number of nitrogens with one attached hydrogen (secondary N) is 2. The van der Waals surface area contributed by atoms with Gasteiger partial charge in [0.25, 0.3) is 10.2 Å². The summed E-state index contributed by atoms with van der Waals surface area (Å²) in [6.07, 6.45) is 6.24. The maximum absolute atomic E-state index is 12.3. The monoisotopic (exact) mass is 305 g/mol. The van der Waals surface area contributed by atoms with Crippen LogP contribution in [-0.2, 0) is 10.2 Å². The van der Waals surface area contributed by atoms with Gasteiger partial charge in [-0.15, -0.1) is 0 Å². The molecular weight excluding hydrogens is 274 g/mol. The average molecular weight is 305 g/mol. The lowest BCUT2D eigenvalue weighted by atomic mass is 9.98. The van der Waals surface area contributed by atoms with Crippen molar-refractivity contribution < 1.29 is 8.42 Å². The molecule has 0 aromatic heterocycles. The summed E-state index contributed by atoms with van der Waals surface area (Å²) in [5.41, 5.74) is 0. The molecule has 1 aliphatic heterocycles. The van der Waals surface area contributed by atoms with E-state index in [1.807, 2.05) is 14.0 Å². The third kappa shape index (κ3) is 6.08. The zero-order chi connectivity index (χ0) is 15.0. The summed E-state index contributed by atoms with van der Waals surface area (Å²) in [6, 6.07) is 0.0292. The van der Waals surface area contributed by atoms with Gasteiger partial charge in [-0.3, -0.25) is 0 Å². The van der Waals surface area contributed by atoms with Gasteiger partial charge in [0.2, 0.25) is 0 Å². The van der Waals surface area contributed by atoms with E-state index in [1.165, 1.54) is 12.8 Å². The van der Waals surface area contributed by atoms with Gasteiger partial charge in [0, 0.05) is 19.1 Å². The standard InChI is InChI=1S/C14H31N3O2S/c1-4-5-6-7-13(2)16-20(18,19)17-10-8-14(9-11-17)12-15-3/h13-16H,4-12H2,1-3H3. The van der Waals surface area contributed by atoms with Crippen molar-refractivity contribution in [3.63, 3.8) is 0 Å². The van der Waals surface area contributed by atoms with E-state index in [9.17, 15) is 8.42 Å². The second-order valence-corrected chi connectivity index (χ2v) is 7.62. The van der Waals surface area contributed by atoms with Crippen molar-refractivity contribution in [3.8, 4) is 0 Å². The van der Waals surface area contributed by atoms with Crippen LogP contribution in [0, 0.1) is 5.92 Å². The molecule has 1 fully saturated rings. The molecule has 0 aromatic rings. The van der Waals surface area contributed by atoms with E-state index in [0.29, 0.717) is 19.0 Å². The maximum atomic E-state index is 12.3. The van der Waals surface area contributed by atoms with E-state index in [-0.39, 0.29) is 6.04 Å². The van der Waals surface area contributed by atoms with Crippen molar-refractivity contribution in [3.05, 3.63) is 0 Å². The number of unbranched alkanes of at least 4 members (excludes halogenated alkanes) is 2. The fraction of sp³-hybridized carbons (Fsp3) is 1.00. The summed E-state index contributed by atoms with van der Waals surface area (Å²) >= 11 is 0. The van der Waals surface area contributed by atoms with E-state index >= 15 is 0 Å². The fourth-order valence-corrected chi connectivity index (χ4v) is 4.20. The summed E-state index contributed by atoms with van der Waals surface area (Å²) < 4.78 is 29.0. The molecule has 6 heteroatoms. The summed E-state index contributed by atoms with van der Waals surface area (Å²) in [6.45, 7) is 6.38. The Morgan fingerprint density at radius 1 is 1.25 bits per heavy atom. The van der Waals surface area contributed by atoms with E-state index in [1.54, 1.807) is 4.31 Å². The van der Waals surface area contributed by atoms with Gasteiger partial charge in [0.05, 0.1) is 0 Å². The number of piperidine rings is 1. The van der Waals surface area contributed by atoms with Crippen molar-refractivity contribution in [2.24, 2.45) is 5.92 Å². The molecule has 1 heterocycles. The van der Waals surface area contributed by atoms with E-state index in [0.717, 1.165) is 32.2 Å². The molecule has 1 rings (SSSR count). The SMILES string of the molecule is CCCCCC(C)NS(=O)(=O)N1CCC(CNC)CC1. The van der Waals surface area contributed by atoms with Gasteiger partial charge in [0.1, 0.15) is 0 Å². The minimum absolute atomic E-state index is 0.0292. The van der Waals surface area contributed by atoms with Gasteiger partial charge in [-0.1, -0.05) is 26.2 Å². The maximum Gasteiger partial charge on any atom is 0.279 e. The molecule has 1 unspecified atom stereocenters. The number of rotatable bonds is 9. The lowest BCUT2D eigenvalue weighted by molar-refractivity contribution is 0.267. The summed E-state index contributed by atoms with van der Waals surface area (Å²) in [4.78, 5) is 0. The molecule has 0 saturated carbocycles. The van der Waals surface area contributed by atoms with Crippen molar-refractivity contribution in [1.29, 1.82) is 0 Å². The molecule has 1 atom stereocenters. The van der Waals surface area contributed by atoms with Crippen LogP contribution < -0.4 is 10.0 Å². The van der Waals surface area contributed by atoms with Crippen LogP contribution in [0.4, 0.5) is 0 Å². The van der Waals surface area contributed by atoms with Gasteiger partial charge >= 0.3 is 0 Å². The second kappa shape index (κ2) is 8.97. The zero-order valence-electron chi connectivity index (χ0n) is 13.2. The van der Waals surface area contributed by atoms with E-state index in [4.69, 9.17) is 0 Å². The van der Waals surface area contributed by atoms with Crippen LogP contribution in [0.25, 0.3) is 0 Å². The molecule has 0 aromatic carbocycles. The predicted molar refractivity (Wildman–Crippen MR) is 83.9 cm³/mol. The molecule has 20 heavy (non-hydrogen) atoms. The number of hydrogen-bond acceptors (Lipinski definition) is 3. The number of nitrogens with zero attached hydrogens (tertiary/aromatic N) is 1. The Labute approximate surface area is 124 Å². The lowest BCUT2D eigenvalue weighted by Gasteiger charge is -2.32. The molecule has 1 saturated heterocycles. The molecule has 0 amide bonds. The third-order valence-electron chi connectivity index (χ3n) is 4.00. The van der Waals surface area contributed by atoms with Crippen molar-refractivity contribution in [1.82, 2.24) is 14.3 Å². The molecule has 1 aliphatic rings. The topological polar surface area (TPSA) is 61.4 Å². The number of hydrogen-bond donors (Lipinski definition) is 2. The molecule has 5 nitrogen and oxygen atoms in total. The summed E-state index contributed by atoms with van der Waals surface area (Å²) in [7, 11) is -1.35. The van der Waals surface area contributed by atoms with Crippen LogP contribution in [0.1, 0.15) is 52.4 Å². The van der Waals surface area contributed by atoms with Crippen LogP contribution in [-0.4, -0.2) is 45.4 Å². The quantitative estimate of drug-likeness (QED) is 0.638. The minimum Gasteiger partial charge on any atom is -0.319 e. The Balaban J connectivity index is 2.37. The predicted octanol–water partition coefficient (Wildman–Crippen LogP) is 1.72. The third-order valence-corrected chi connectivity index (χ3v) is 5.74. The normalized spacial score (nSPS) is 20.1. The zero-order valence-corrected chi connectivity index (χ0v) is 14.0. The van der Waals surface area contributed by atoms with Crippen molar-refractivity contribution in [2.45, 2.75) is 58.4 Å². The van der Waals surface area contributed by atoms with Crippen LogP contribution in [0.15, 0.2) is 0 Å². The highest BCUT2D eigenvalue weighted by molar-refractivity contribution is 7.87. The molecular formula is C14H31N3O2S. The highest BCUT2D eigenvalue weighted by atomic mass is 32.2. The highest BCUT2D eigenvalue weighted by Gasteiger charge is 2.28. The first-order valence-corrected chi connectivity index (χ1v) is 9.35. The molecule has 120 valence electrons. The average Bonchev–Trinajstić information content (AvgIpc) is 2.39. The Hall–Kier alpha value is -0.170. The van der Waals surface area contributed by atoms with Gasteiger partial charge in [0.15, 0.2) is 0 Å². The van der Waals surface area contributed by atoms with Crippen LogP contribution >= 0.6 is 0 Å². The van der Waals surface area contributed by atoms with Crippen LogP contribution in [0.3, 0.4) is 0 Å². The lowest BCUT2D eigenvalue weighted by Crippen LogP contribution is -2.48. The minimum atomic E-state index is -3.30. The molecule has 2 N–H and O–H groups in total. The Morgan fingerprint density at radius 3 is 2.45 bits per heavy atom. The Kier molecular flexibility index (Phi) is 8.02. The molecule has 0 spiro atoms. The molecule has 0 bridgehead atoms. The van der Waals surface area contributed by atoms with Crippen molar-refractivity contribution >= 4 is 10.2 Å². The molecule has 0 radical (unpaired) electrons. The van der Waals surface area contributed by atoms with E-state index < -0.39 is 10.2 Å². The summed E-state index contributed by atoms with van der Waals surface area (Å²) in [5, 5.41) is 3.17. The largest absolute Gasteiger partial charge is 0.319 e. The highest BCUT2D eigenvalue weighted by Crippen LogP contribution is 2.18. The first-order valence-electron chi connectivity index (χ1n) is 7.91. The van der Waals surface area contributed by atoms with Gasteiger partial charge in [-0.25, -0.2) is 0 Å². The van der Waals surface area contributed by atoms with Gasteiger partial charge < -0.3 is 5.32 Å². The fourth-order valence-electron chi connectivity index (χ4n) is 2.73. The van der Waals surface area contributed by atoms with Crippen LogP contribution in [0.2, 0.25) is 0 Å². The van der Waals surface area contributed by atoms with Gasteiger partial charge in [-0.05, 0) is 45.7 Å². The van der Waals surface area contributed by atoms with E-state index in [2.05, 4.69) is 17.0 Å². The van der Waals surface area contributed by atoms with Crippen LogP contribution in [0.5, 0.6) is 0 Å². The summed E-state index contributed by atoms with van der Waals surface area (Å²) in [5.74, 6) is 0.605. The smallest absolute Gasteiger partial charge is 0.279 e. The molecule has 0 aliphatic carbocycles.